The third kappa shape index (κ3) is 2.90. The summed E-state index contributed by atoms with van der Waals surface area (Å²) in [5.74, 6) is 0. The van der Waals surface area contributed by atoms with E-state index in [0.29, 0.717) is 5.69 Å². The fraction of sp³-hybridized carbons (Fsp3) is 0.308. The molecule has 0 fully saturated rings. The number of nitrogens with one attached hydrogen (secondary N) is 1. The van der Waals surface area contributed by atoms with Crippen molar-refractivity contribution in [3.05, 3.63) is 50.0 Å². The first-order valence-electron chi connectivity index (χ1n) is 5.92. The minimum Gasteiger partial charge on any atom is -0.370 e. The first-order valence-corrected chi connectivity index (χ1v) is 6.73. The van der Waals surface area contributed by atoms with Gasteiger partial charge in [-0.1, -0.05) is 12.1 Å². The van der Waals surface area contributed by atoms with Gasteiger partial charge >= 0.3 is 0 Å². The van der Waals surface area contributed by atoms with E-state index in [9.17, 15) is 10.1 Å². The topological polar surface area (TPSA) is 68.1 Å². The van der Waals surface area contributed by atoms with Crippen LogP contribution in [0.25, 0.3) is 0 Å². The quantitative estimate of drug-likeness (QED) is 0.681. The van der Waals surface area contributed by atoms with Crippen LogP contribution in [0.4, 0.5) is 11.4 Å². The van der Waals surface area contributed by atoms with Gasteiger partial charge in [0.15, 0.2) is 0 Å². The number of hydrogen-bond acceptors (Lipinski definition) is 5. The Morgan fingerprint density at radius 1 is 1.42 bits per heavy atom. The summed E-state index contributed by atoms with van der Waals surface area (Å²) in [5, 5.41) is 15.2. The molecular formula is C13H15N3O2S. The summed E-state index contributed by atoms with van der Waals surface area (Å²) in [4.78, 5) is 16.1. The van der Waals surface area contributed by atoms with Crippen molar-refractivity contribution in [3.63, 3.8) is 0 Å². The lowest BCUT2D eigenvalue weighted by Crippen LogP contribution is -2.09. The molecule has 0 bridgehead atoms. The highest BCUT2D eigenvalue weighted by atomic mass is 32.1. The Balaban J connectivity index is 2.30. The van der Waals surface area contributed by atoms with Crippen molar-refractivity contribution >= 4 is 22.7 Å². The number of aromatic nitrogens is 1. The molecule has 2 rings (SSSR count). The zero-order valence-electron chi connectivity index (χ0n) is 11.0. The van der Waals surface area contributed by atoms with E-state index in [0.717, 1.165) is 15.4 Å². The lowest BCUT2D eigenvalue weighted by atomic mass is 10.1. The molecule has 5 nitrogen and oxygen atoms in total. The molecule has 6 heteroatoms. The van der Waals surface area contributed by atoms with Gasteiger partial charge in [-0.05, 0) is 26.3 Å². The second-order valence-electron chi connectivity index (χ2n) is 4.40. The Hall–Kier alpha value is -1.95. The molecule has 0 amide bonds. The molecule has 1 aromatic heterocycles. The monoisotopic (exact) mass is 277 g/mol. The Labute approximate surface area is 115 Å². The predicted molar refractivity (Wildman–Crippen MR) is 76.7 cm³/mol. The Morgan fingerprint density at radius 2 is 2.16 bits per heavy atom. The van der Waals surface area contributed by atoms with E-state index >= 15 is 0 Å². The van der Waals surface area contributed by atoms with Gasteiger partial charge in [-0.2, -0.15) is 0 Å². The van der Waals surface area contributed by atoms with Gasteiger partial charge in [0.05, 0.1) is 11.0 Å². The third-order valence-corrected chi connectivity index (χ3v) is 3.91. The normalized spacial score (nSPS) is 12.2. The van der Waals surface area contributed by atoms with E-state index in [1.807, 2.05) is 33.0 Å². The number of benzene rings is 1. The molecule has 1 N–H and O–H groups in total. The maximum absolute atomic E-state index is 11.0. The molecule has 19 heavy (non-hydrogen) atoms. The SMILES string of the molecule is Cc1cnc(C(C)Nc2c(C)cccc2[N+](=O)[O-])s1. The summed E-state index contributed by atoms with van der Waals surface area (Å²) in [6, 6.07) is 5.00. The molecule has 0 aliphatic rings. The van der Waals surface area contributed by atoms with Crippen LogP contribution in [0.15, 0.2) is 24.4 Å². The predicted octanol–water partition coefficient (Wildman–Crippen LogP) is 3.84. The van der Waals surface area contributed by atoms with Gasteiger partial charge in [-0.3, -0.25) is 10.1 Å². The van der Waals surface area contributed by atoms with Crippen molar-refractivity contribution in [3.8, 4) is 0 Å². The molecule has 0 aliphatic heterocycles. The molecule has 100 valence electrons. The summed E-state index contributed by atoms with van der Waals surface area (Å²) in [5.41, 5.74) is 1.52. The van der Waals surface area contributed by atoms with E-state index in [1.54, 1.807) is 17.4 Å². The number of nitro benzene ring substituents is 1. The summed E-state index contributed by atoms with van der Waals surface area (Å²) in [6.07, 6.45) is 1.81. The summed E-state index contributed by atoms with van der Waals surface area (Å²) in [7, 11) is 0. The highest BCUT2D eigenvalue weighted by molar-refractivity contribution is 7.11. The van der Waals surface area contributed by atoms with Crippen molar-refractivity contribution in [1.82, 2.24) is 4.98 Å². The molecule has 0 spiro atoms. The Bertz CT molecular complexity index is 610. The van der Waals surface area contributed by atoms with Gasteiger partial charge in [0.1, 0.15) is 10.7 Å². The highest BCUT2D eigenvalue weighted by Gasteiger charge is 2.18. The zero-order valence-corrected chi connectivity index (χ0v) is 11.8. The van der Waals surface area contributed by atoms with E-state index in [4.69, 9.17) is 0 Å². The molecule has 0 radical (unpaired) electrons. The number of thiazole rings is 1. The van der Waals surface area contributed by atoms with Gasteiger partial charge in [0.25, 0.3) is 5.69 Å². The maximum atomic E-state index is 11.0. The lowest BCUT2D eigenvalue weighted by Gasteiger charge is -2.14. The van der Waals surface area contributed by atoms with Crippen molar-refractivity contribution in [2.24, 2.45) is 0 Å². The van der Waals surface area contributed by atoms with Gasteiger partial charge in [-0.15, -0.1) is 11.3 Å². The summed E-state index contributed by atoms with van der Waals surface area (Å²) in [6.45, 7) is 5.80. The number of para-hydroxylation sites is 1. The smallest absolute Gasteiger partial charge is 0.292 e. The Kier molecular flexibility index (Phi) is 3.80. The molecule has 1 aromatic carbocycles. The van der Waals surface area contributed by atoms with Crippen LogP contribution in [0.2, 0.25) is 0 Å². The molecule has 1 unspecified atom stereocenters. The van der Waals surface area contributed by atoms with E-state index in [-0.39, 0.29) is 16.7 Å². The number of aryl methyl sites for hydroxylation is 2. The van der Waals surface area contributed by atoms with Crippen LogP contribution in [-0.4, -0.2) is 9.91 Å². The summed E-state index contributed by atoms with van der Waals surface area (Å²) < 4.78 is 0. The minimum absolute atomic E-state index is 0.0569. The standard InChI is InChI=1S/C13H15N3O2S/c1-8-5-4-6-11(16(17)18)12(8)15-10(3)13-14-7-9(2)19-13/h4-7,10,15H,1-3H3. The fourth-order valence-electron chi connectivity index (χ4n) is 1.84. The number of nitro groups is 1. The third-order valence-electron chi connectivity index (χ3n) is 2.82. The average molecular weight is 277 g/mol. The molecule has 2 aromatic rings. The van der Waals surface area contributed by atoms with Crippen LogP contribution in [-0.2, 0) is 0 Å². The number of anilines is 1. The van der Waals surface area contributed by atoms with Gasteiger partial charge in [0.2, 0.25) is 0 Å². The second-order valence-corrected chi connectivity index (χ2v) is 5.67. The second kappa shape index (κ2) is 5.36. The first kappa shape index (κ1) is 13.5. The van der Waals surface area contributed by atoms with Crippen molar-refractivity contribution in [2.75, 3.05) is 5.32 Å². The zero-order chi connectivity index (χ0) is 14.0. The van der Waals surface area contributed by atoms with Gasteiger partial charge in [-0.25, -0.2) is 4.98 Å². The summed E-state index contributed by atoms with van der Waals surface area (Å²) >= 11 is 1.59. The molecule has 1 heterocycles. The van der Waals surface area contributed by atoms with Crippen LogP contribution < -0.4 is 5.32 Å². The van der Waals surface area contributed by atoms with E-state index < -0.39 is 0 Å². The highest BCUT2D eigenvalue weighted by Crippen LogP contribution is 2.31. The van der Waals surface area contributed by atoms with Crippen LogP contribution in [0, 0.1) is 24.0 Å². The average Bonchev–Trinajstić information content (AvgIpc) is 2.78. The van der Waals surface area contributed by atoms with Crippen LogP contribution in [0.5, 0.6) is 0 Å². The fourth-order valence-corrected chi connectivity index (χ4v) is 2.62. The molecule has 1 atom stereocenters. The number of rotatable bonds is 4. The minimum atomic E-state index is -0.366. The van der Waals surface area contributed by atoms with Crippen molar-refractivity contribution < 1.29 is 4.92 Å². The molecular weight excluding hydrogens is 262 g/mol. The van der Waals surface area contributed by atoms with Crippen LogP contribution in [0.3, 0.4) is 0 Å². The number of hydrogen-bond donors (Lipinski definition) is 1. The molecule has 0 saturated carbocycles. The van der Waals surface area contributed by atoms with E-state index in [1.165, 1.54) is 6.07 Å². The Morgan fingerprint density at radius 3 is 2.74 bits per heavy atom. The lowest BCUT2D eigenvalue weighted by molar-refractivity contribution is -0.384. The van der Waals surface area contributed by atoms with Crippen LogP contribution in [0.1, 0.15) is 28.4 Å². The van der Waals surface area contributed by atoms with Crippen molar-refractivity contribution in [1.29, 1.82) is 0 Å². The van der Waals surface area contributed by atoms with Gasteiger partial charge < -0.3 is 5.32 Å². The van der Waals surface area contributed by atoms with Gasteiger partial charge in [0, 0.05) is 17.1 Å². The van der Waals surface area contributed by atoms with Crippen molar-refractivity contribution in [2.45, 2.75) is 26.8 Å². The van der Waals surface area contributed by atoms with E-state index in [2.05, 4.69) is 10.3 Å². The number of nitrogens with zero attached hydrogens (tertiary/aromatic N) is 2. The largest absolute Gasteiger partial charge is 0.370 e. The maximum Gasteiger partial charge on any atom is 0.292 e. The molecule has 0 saturated heterocycles. The van der Waals surface area contributed by atoms with Crippen LogP contribution >= 0.6 is 11.3 Å². The molecule has 0 aliphatic carbocycles. The first-order chi connectivity index (χ1) is 8.99.